The highest BCUT2D eigenvalue weighted by Crippen LogP contribution is 2.31. The number of urea groups is 1. The van der Waals surface area contributed by atoms with E-state index >= 15 is 0 Å². The van der Waals surface area contributed by atoms with Crippen molar-refractivity contribution in [3.05, 3.63) is 71.3 Å². The van der Waals surface area contributed by atoms with Crippen molar-refractivity contribution in [3.8, 4) is 0 Å². The summed E-state index contributed by atoms with van der Waals surface area (Å²) in [6.45, 7) is 12.0. The van der Waals surface area contributed by atoms with Crippen molar-refractivity contribution in [1.82, 2.24) is 15.1 Å². The number of nitrogens with zero attached hydrogens (tertiary/aromatic N) is 2. The largest absolute Gasteiger partial charge is 0.334 e. The van der Waals surface area contributed by atoms with E-state index < -0.39 is 17.5 Å². The van der Waals surface area contributed by atoms with Gasteiger partial charge in [0.25, 0.3) is 5.91 Å². The molecule has 0 aliphatic carbocycles. The molecule has 2 aromatic rings. The number of hydrogen-bond acceptors (Lipinski definition) is 3. The maximum Gasteiger partial charge on any atom is 0.325 e. The van der Waals surface area contributed by atoms with Crippen molar-refractivity contribution in [2.45, 2.75) is 65.1 Å². The summed E-state index contributed by atoms with van der Waals surface area (Å²) in [6.07, 6.45) is 0. The van der Waals surface area contributed by atoms with Crippen molar-refractivity contribution in [2.24, 2.45) is 0 Å². The first-order chi connectivity index (χ1) is 14.9. The van der Waals surface area contributed by atoms with Crippen LogP contribution < -0.4 is 5.32 Å². The van der Waals surface area contributed by atoms with Gasteiger partial charge in [-0.25, -0.2) is 4.79 Å². The summed E-state index contributed by atoms with van der Waals surface area (Å²) in [5.41, 5.74) is 1.62. The first-order valence-corrected chi connectivity index (χ1v) is 11.0. The standard InChI is InChI=1S/C26H33N3O3/c1-18(2)28(16-19-10-8-7-9-11-19)22(30)17-29-23(31)26(6,27-24(29)32)21-14-12-20(13-15-21)25(3,4)5/h7-15,18H,16-17H2,1-6H3,(H,27,32). The normalized spacial score (nSPS) is 18.8. The predicted molar refractivity (Wildman–Crippen MR) is 125 cm³/mol. The summed E-state index contributed by atoms with van der Waals surface area (Å²) in [6, 6.07) is 16.8. The minimum absolute atomic E-state index is 0.0140. The fourth-order valence-electron chi connectivity index (χ4n) is 3.90. The zero-order chi connectivity index (χ0) is 23.7. The quantitative estimate of drug-likeness (QED) is 0.692. The van der Waals surface area contributed by atoms with Gasteiger partial charge in [0, 0.05) is 12.6 Å². The second kappa shape index (κ2) is 8.77. The van der Waals surface area contributed by atoms with Crippen LogP contribution in [0.15, 0.2) is 54.6 Å². The highest BCUT2D eigenvalue weighted by atomic mass is 16.2. The van der Waals surface area contributed by atoms with Crippen LogP contribution in [-0.4, -0.2) is 40.2 Å². The van der Waals surface area contributed by atoms with Gasteiger partial charge in [-0.15, -0.1) is 0 Å². The Morgan fingerprint density at radius 1 is 1.03 bits per heavy atom. The number of amides is 4. The molecule has 1 saturated heterocycles. The maximum absolute atomic E-state index is 13.3. The van der Waals surface area contributed by atoms with Crippen molar-refractivity contribution >= 4 is 17.8 Å². The molecule has 1 fully saturated rings. The average Bonchev–Trinajstić information content (AvgIpc) is 2.96. The average molecular weight is 436 g/mol. The van der Waals surface area contributed by atoms with E-state index in [0.29, 0.717) is 12.1 Å². The summed E-state index contributed by atoms with van der Waals surface area (Å²) in [7, 11) is 0. The Bertz CT molecular complexity index is 993. The zero-order valence-corrected chi connectivity index (χ0v) is 19.8. The Morgan fingerprint density at radius 2 is 1.62 bits per heavy atom. The Kier molecular flexibility index (Phi) is 6.44. The third-order valence-electron chi connectivity index (χ3n) is 6.04. The molecule has 1 aliphatic rings. The molecule has 1 heterocycles. The number of imide groups is 1. The van der Waals surface area contributed by atoms with E-state index in [4.69, 9.17) is 0 Å². The molecule has 32 heavy (non-hydrogen) atoms. The molecule has 0 bridgehead atoms. The molecule has 0 saturated carbocycles. The van der Waals surface area contributed by atoms with Crippen LogP contribution in [0.1, 0.15) is 58.2 Å². The van der Waals surface area contributed by atoms with E-state index in [1.807, 2.05) is 68.4 Å². The van der Waals surface area contributed by atoms with Crippen LogP contribution in [0.5, 0.6) is 0 Å². The van der Waals surface area contributed by atoms with E-state index in [1.165, 1.54) is 0 Å². The number of carbonyl (C=O) groups excluding carboxylic acids is 3. The number of hydrogen-bond donors (Lipinski definition) is 1. The predicted octanol–water partition coefficient (Wildman–Crippen LogP) is 4.19. The van der Waals surface area contributed by atoms with E-state index in [1.54, 1.807) is 11.8 Å². The zero-order valence-electron chi connectivity index (χ0n) is 19.8. The Morgan fingerprint density at radius 3 is 2.16 bits per heavy atom. The number of carbonyl (C=O) groups is 3. The third-order valence-corrected chi connectivity index (χ3v) is 6.04. The van der Waals surface area contributed by atoms with Crippen molar-refractivity contribution in [3.63, 3.8) is 0 Å². The van der Waals surface area contributed by atoms with Gasteiger partial charge in [-0.05, 0) is 42.9 Å². The van der Waals surface area contributed by atoms with Crippen LogP contribution in [0.2, 0.25) is 0 Å². The van der Waals surface area contributed by atoms with Gasteiger partial charge in [0.05, 0.1) is 0 Å². The van der Waals surface area contributed by atoms with E-state index in [0.717, 1.165) is 16.0 Å². The van der Waals surface area contributed by atoms with E-state index in [-0.39, 0.29) is 23.9 Å². The van der Waals surface area contributed by atoms with Gasteiger partial charge in [-0.1, -0.05) is 75.4 Å². The van der Waals surface area contributed by atoms with E-state index in [2.05, 4.69) is 26.1 Å². The Hall–Kier alpha value is -3.15. The molecule has 2 aromatic carbocycles. The SMILES string of the molecule is CC(C)N(Cc1ccccc1)C(=O)CN1C(=O)NC(C)(c2ccc(C(C)(C)C)cc2)C1=O. The molecule has 0 aromatic heterocycles. The second-order valence-electron chi connectivity index (χ2n) is 9.87. The van der Waals surface area contributed by atoms with Gasteiger partial charge in [-0.3, -0.25) is 14.5 Å². The summed E-state index contributed by atoms with van der Waals surface area (Å²) in [4.78, 5) is 41.8. The number of nitrogens with one attached hydrogen (secondary N) is 1. The molecule has 6 heteroatoms. The van der Waals surface area contributed by atoms with E-state index in [9.17, 15) is 14.4 Å². The van der Waals surface area contributed by atoms with Crippen LogP contribution in [0.3, 0.4) is 0 Å². The van der Waals surface area contributed by atoms with Gasteiger partial charge in [0.1, 0.15) is 12.1 Å². The lowest BCUT2D eigenvalue weighted by Gasteiger charge is -2.29. The smallest absolute Gasteiger partial charge is 0.325 e. The third kappa shape index (κ3) is 4.69. The first-order valence-electron chi connectivity index (χ1n) is 11.0. The Balaban J connectivity index is 1.78. The van der Waals surface area contributed by atoms with Crippen LogP contribution in [-0.2, 0) is 27.1 Å². The fourth-order valence-corrected chi connectivity index (χ4v) is 3.90. The molecular weight excluding hydrogens is 402 g/mol. The molecule has 1 atom stereocenters. The number of rotatable bonds is 6. The summed E-state index contributed by atoms with van der Waals surface area (Å²) in [5, 5.41) is 2.79. The molecular formula is C26H33N3O3. The second-order valence-corrected chi connectivity index (χ2v) is 9.87. The lowest BCUT2D eigenvalue weighted by Crippen LogP contribution is -2.46. The van der Waals surface area contributed by atoms with Crippen LogP contribution in [0.4, 0.5) is 4.79 Å². The molecule has 1 aliphatic heterocycles. The highest BCUT2D eigenvalue weighted by Gasteiger charge is 2.49. The molecule has 0 radical (unpaired) electrons. The van der Waals surface area contributed by atoms with Crippen molar-refractivity contribution in [1.29, 1.82) is 0 Å². The maximum atomic E-state index is 13.3. The van der Waals surface area contributed by atoms with Crippen LogP contribution >= 0.6 is 0 Å². The highest BCUT2D eigenvalue weighted by molar-refractivity contribution is 6.09. The minimum Gasteiger partial charge on any atom is -0.334 e. The van der Waals surface area contributed by atoms with Gasteiger partial charge in [-0.2, -0.15) is 0 Å². The summed E-state index contributed by atoms with van der Waals surface area (Å²) < 4.78 is 0. The fraction of sp³-hybridized carbons (Fsp3) is 0.423. The molecule has 1 N–H and O–H groups in total. The summed E-state index contributed by atoms with van der Waals surface area (Å²) in [5.74, 6) is -0.678. The molecule has 6 nitrogen and oxygen atoms in total. The Labute approximate surface area is 190 Å². The lowest BCUT2D eigenvalue weighted by atomic mass is 9.84. The van der Waals surface area contributed by atoms with Gasteiger partial charge in [0.2, 0.25) is 5.91 Å². The van der Waals surface area contributed by atoms with Crippen molar-refractivity contribution < 1.29 is 14.4 Å². The van der Waals surface area contributed by atoms with Crippen LogP contribution in [0, 0.1) is 0 Å². The van der Waals surface area contributed by atoms with Gasteiger partial charge in [0.15, 0.2) is 0 Å². The summed E-state index contributed by atoms with van der Waals surface area (Å²) >= 11 is 0. The monoisotopic (exact) mass is 435 g/mol. The molecule has 4 amide bonds. The first kappa shape index (κ1) is 23.5. The molecule has 170 valence electrons. The van der Waals surface area contributed by atoms with Crippen LogP contribution in [0.25, 0.3) is 0 Å². The topological polar surface area (TPSA) is 69.7 Å². The van der Waals surface area contributed by atoms with Gasteiger partial charge >= 0.3 is 6.03 Å². The molecule has 3 rings (SSSR count). The lowest BCUT2D eigenvalue weighted by molar-refractivity contribution is -0.140. The molecule has 1 unspecified atom stereocenters. The molecule has 0 spiro atoms. The number of benzene rings is 2. The minimum atomic E-state index is -1.20. The van der Waals surface area contributed by atoms with Crippen molar-refractivity contribution in [2.75, 3.05) is 6.54 Å². The van der Waals surface area contributed by atoms with Gasteiger partial charge < -0.3 is 10.2 Å².